The lowest BCUT2D eigenvalue weighted by Crippen LogP contribution is -2.38. The van der Waals surface area contributed by atoms with Crippen molar-refractivity contribution >= 4 is 35.6 Å². The quantitative estimate of drug-likeness (QED) is 0.151. The first-order valence-corrected chi connectivity index (χ1v) is 9.92. The topological polar surface area (TPSA) is 58.1 Å². The highest BCUT2D eigenvalue weighted by Gasteiger charge is 2.08. The first-order valence-electron chi connectivity index (χ1n) is 9.92. The van der Waals surface area contributed by atoms with Crippen LogP contribution in [0.5, 0.6) is 0 Å². The Morgan fingerprint density at radius 2 is 1.82 bits per heavy atom. The molecule has 1 heterocycles. The number of guanidine groups is 1. The van der Waals surface area contributed by atoms with E-state index < -0.39 is 0 Å². The Balaban J connectivity index is 0.00000392. The molecule has 0 saturated carbocycles. The molecule has 7 heteroatoms. The molecule has 1 aromatic carbocycles. The number of benzene rings is 1. The number of hydrogen-bond donors (Lipinski definition) is 2. The van der Waals surface area contributed by atoms with Crippen LogP contribution in [-0.2, 0) is 16.0 Å². The van der Waals surface area contributed by atoms with Crippen molar-refractivity contribution in [1.29, 1.82) is 0 Å². The average molecular weight is 502 g/mol. The summed E-state index contributed by atoms with van der Waals surface area (Å²) in [6.07, 6.45) is 6.68. The molecule has 0 amide bonds. The molecule has 0 fully saturated rings. The molecule has 1 aliphatic heterocycles. The summed E-state index contributed by atoms with van der Waals surface area (Å²) >= 11 is 0. The van der Waals surface area contributed by atoms with Crippen molar-refractivity contribution < 1.29 is 9.47 Å². The van der Waals surface area contributed by atoms with Gasteiger partial charge in [0.1, 0.15) is 0 Å². The maximum Gasteiger partial charge on any atom is 0.191 e. The number of nitrogens with zero attached hydrogens (tertiary/aromatic N) is 2. The molecule has 28 heavy (non-hydrogen) atoms. The summed E-state index contributed by atoms with van der Waals surface area (Å²) in [5, 5.41) is 6.63. The van der Waals surface area contributed by atoms with Crippen molar-refractivity contribution in [3.63, 3.8) is 0 Å². The Bertz CT molecular complexity index is 588. The van der Waals surface area contributed by atoms with Crippen LogP contribution in [0.1, 0.15) is 25.3 Å². The van der Waals surface area contributed by atoms with Gasteiger partial charge in [0.05, 0.1) is 19.8 Å². The second kappa shape index (κ2) is 15.6. The fourth-order valence-electron chi connectivity index (χ4n) is 2.77. The highest BCUT2D eigenvalue weighted by atomic mass is 127. The zero-order valence-electron chi connectivity index (χ0n) is 17.2. The lowest BCUT2D eigenvalue weighted by Gasteiger charge is -2.19. The van der Waals surface area contributed by atoms with Crippen molar-refractivity contribution in [2.24, 2.45) is 4.99 Å². The Kier molecular flexibility index (Phi) is 13.8. The van der Waals surface area contributed by atoms with Gasteiger partial charge in [-0.3, -0.25) is 4.99 Å². The Labute approximate surface area is 186 Å². The molecular formula is C21H35IN4O2. The number of hydrogen-bond acceptors (Lipinski definition) is 4. The maximum absolute atomic E-state index is 5.56. The monoisotopic (exact) mass is 502 g/mol. The van der Waals surface area contributed by atoms with Crippen LogP contribution in [0, 0.1) is 0 Å². The highest BCUT2D eigenvalue weighted by Crippen LogP contribution is 2.18. The molecule has 0 spiro atoms. The van der Waals surface area contributed by atoms with Gasteiger partial charge < -0.3 is 25.0 Å². The zero-order valence-corrected chi connectivity index (χ0v) is 19.5. The third kappa shape index (κ3) is 9.75. The third-order valence-electron chi connectivity index (χ3n) is 4.33. The van der Waals surface area contributed by atoms with E-state index in [1.807, 2.05) is 0 Å². The average Bonchev–Trinajstić information content (AvgIpc) is 3.24. The maximum atomic E-state index is 5.56. The normalized spacial score (nSPS) is 13.5. The number of halogens is 1. The first kappa shape index (κ1) is 24.7. The second-order valence-corrected chi connectivity index (χ2v) is 6.48. The Hall–Kier alpha value is -1.32. The largest absolute Gasteiger partial charge is 0.379 e. The van der Waals surface area contributed by atoms with Crippen LogP contribution in [0.4, 0.5) is 5.69 Å². The van der Waals surface area contributed by atoms with Crippen molar-refractivity contribution in [3.05, 3.63) is 42.0 Å². The summed E-state index contributed by atoms with van der Waals surface area (Å²) in [5.74, 6) is 0.783. The zero-order chi connectivity index (χ0) is 19.2. The smallest absolute Gasteiger partial charge is 0.191 e. The van der Waals surface area contributed by atoms with Crippen LogP contribution >= 0.6 is 24.0 Å². The van der Waals surface area contributed by atoms with E-state index in [1.165, 1.54) is 11.3 Å². The molecule has 0 bridgehead atoms. The van der Waals surface area contributed by atoms with Crippen LogP contribution in [0.25, 0.3) is 0 Å². The highest BCUT2D eigenvalue weighted by molar-refractivity contribution is 14.0. The molecule has 2 N–H and O–H groups in total. The Morgan fingerprint density at radius 1 is 1.07 bits per heavy atom. The van der Waals surface area contributed by atoms with Crippen LogP contribution in [0.3, 0.4) is 0 Å². The SMILES string of the molecule is CCCCOCCOCCNC(=NC)NCc1cccc(N2CC=CC2)c1.I. The van der Waals surface area contributed by atoms with E-state index in [0.29, 0.717) is 26.4 Å². The number of nitrogens with one attached hydrogen (secondary N) is 2. The minimum atomic E-state index is 0. The van der Waals surface area contributed by atoms with Gasteiger partial charge >= 0.3 is 0 Å². The molecule has 1 aromatic rings. The van der Waals surface area contributed by atoms with E-state index in [0.717, 1.165) is 45.0 Å². The van der Waals surface area contributed by atoms with E-state index in [-0.39, 0.29) is 24.0 Å². The minimum Gasteiger partial charge on any atom is -0.379 e. The molecule has 2 rings (SSSR count). The van der Waals surface area contributed by atoms with Gasteiger partial charge in [0.25, 0.3) is 0 Å². The fourth-order valence-corrected chi connectivity index (χ4v) is 2.77. The summed E-state index contributed by atoms with van der Waals surface area (Å²) in [7, 11) is 1.78. The fraction of sp³-hybridized carbons (Fsp3) is 0.571. The number of unbranched alkanes of at least 4 members (excludes halogenated alkanes) is 1. The molecule has 6 nitrogen and oxygen atoms in total. The predicted octanol–water partition coefficient (Wildman–Crippen LogP) is 3.18. The Morgan fingerprint density at radius 3 is 2.54 bits per heavy atom. The number of aliphatic imine (C=N–C) groups is 1. The first-order chi connectivity index (χ1) is 13.3. The van der Waals surface area contributed by atoms with Gasteiger partial charge in [0.2, 0.25) is 0 Å². The van der Waals surface area contributed by atoms with Crippen LogP contribution in [0.2, 0.25) is 0 Å². The molecule has 158 valence electrons. The number of anilines is 1. The van der Waals surface area contributed by atoms with Crippen molar-refractivity contribution in [1.82, 2.24) is 10.6 Å². The van der Waals surface area contributed by atoms with E-state index in [1.54, 1.807) is 7.05 Å². The molecule has 0 radical (unpaired) electrons. The van der Waals surface area contributed by atoms with E-state index >= 15 is 0 Å². The molecule has 0 atom stereocenters. The number of rotatable bonds is 12. The van der Waals surface area contributed by atoms with Gasteiger partial charge in [0, 0.05) is 45.5 Å². The summed E-state index contributed by atoms with van der Waals surface area (Å²) in [4.78, 5) is 6.61. The molecule has 1 aliphatic rings. The van der Waals surface area contributed by atoms with Gasteiger partial charge in [-0.2, -0.15) is 0 Å². The summed E-state index contributed by atoms with van der Waals surface area (Å²) in [6.45, 7) is 8.35. The van der Waals surface area contributed by atoms with Crippen molar-refractivity contribution in [2.75, 3.05) is 58.0 Å². The lowest BCUT2D eigenvalue weighted by atomic mass is 10.2. The van der Waals surface area contributed by atoms with Gasteiger partial charge in [-0.15, -0.1) is 24.0 Å². The molecule has 0 unspecified atom stereocenters. The predicted molar refractivity (Wildman–Crippen MR) is 128 cm³/mol. The van der Waals surface area contributed by atoms with E-state index in [4.69, 9.17) is 9.47 Å². The standard InChI is InChI=1S/C21H34N4O2.HI/c1-3-4-13-26-15-16-27-14-10-23-21(22-2)24-18-19-8-7-9-20(17-19)25-11-5-6-12-25;/h5-9,17H,3-4,10-16,18H2,1-2H3,(H2,22,23,24);1H. The summed E-state index contributed by atoms with van der Waals surface area (Å²) < 4.78 is 11.0. The minimum absolute atomic E-state index is 0. The third-order valence-corrected chi connectivity index (χ3v) is 4.33. The van der Waals surface area contributed by atoms with Crippen molar-refractivity contribution in [2.45, 2.75) is 26.3 Å². The van der Waals surface area contributed by atoms with E-state index in [9.17, 15) is 0 Å². The molecule has 0 aromatic heterocycles. The van der Waals surface area contributed by atoms with Gasteiger partial charge in [-0.05, 0) is 24.1 Å². The summed E-state index contributed by atoms with van der Waals surface area (Å²) in [6, 6.07) is 8.63. The van der Waals surface area contributed by atoms with Crippen molar-refractivity contribution in [3.8, 4) is 0 Å². The number of ether oxygens (including phenoxy) is 2. The van der Waals surface area contributed by atoms with Gasteiger partial charge in [-0.25, -0.2) is 0 Å². The summed E-state index contributed by atoms with van der Waals surface area (Å²) in [5.41, 5.74) is 2.50. The lowest BCUT2D eigenvalue weighted by molar-refractivity contribution is 0.0487. The van der Waals surface area contributed by atoms with Gasteiger partial charge in [0.15, 0.2) is 5.96 Å². The molecule has 0 saturated heterocycles. The van der Waals surface area contributed by atoms with Crippen LogP contribution in [-0.4, -0.2) is 59.1 Å². The van der Waals surface area contributed by atoms with Gasteiger partial charge in [-0.1, -0.05) is 37.6 Å². The van der Waals surface area contributed by atoms with E-state index in [2.05, 4.69) is 63.9 Å². The van der Waals surface area contributed by atoms with Crippen LogP contribution in [0.15, 0.2) is 41.4 Å². The van der Waals surface area contributed by atoms with Crippen LogP contribution < -0.4 is 15.5 Å². The molecular weight excluding hydrogens is 467 g/mol. The molecule has 0 aliphatic carbocycles. The second-order valence-electron chi connectivity index (χ2n) is 6.48.